The highest BCUT2D eigenvalue weighted by molar-refractivity contribution is 7.09. The number of rotatable bonds is 3. The molecular formula is C12H17N3O3S. The van der Waals surface area contributed by atoms with E-state index in [1.54, 1.807) is 11.1 Å². The Bertz CT molecular complexity index is 449. The van der Waals surface area contributed by atoms with Crippen LogP contribution in [0.3, 0.4) is 0 Å². The first kappa shape index (κ1) is 13.8. The van der Waals surface area contributed by atoms with Crippen molar-refractivity contribution >= 4 is 23.3 Å². The van der Waals surface area contributed by atoms with Gasteiger partial charge in [-0.25, -0.2) is 9.78 Å². The summed E-state index contributed by atoms with van der Waals surface area (Å²) in [6.45, 7) is 2.77. The molecule has 104 valence electrons. The summed E-state index contributed by atoms with van der Waals surface area (Å²) in [6, 6.07) is -0.369. The summed E-state index contributed by atoms with van der Waals surface area (Å²) in [7, 11) is 0. The predicted octanol–water partition coefficient (Wildman–Crippen LogP) is 1.71. The molecule has 0 spiro atoms. The summed E-state index contributed by atoms with van der Waals surface area (Å²) in [5.74, 6) is -1.28. The van der Waals surface area contributed by atoms with E-state index in [0.717, 1.165) is 11.4 Å². The summed E-state index contributed by atoms with van der Waals surface area (Å²) >= 11 is 1.49. The third-order valence-electron chi connectivity index (χ3n) is 3.22. The molecule has 0 radical (unpaired) electrons. The zero-order valence-corrected chi connectivity index (χ0v) is 11.5. The summed E-state index contributed by atoms with van der Waals surface area (Å²) in [5.41, 5.74) is 0. The molecule has 1 saturated heterocycles. The fourth-order valence-corrected chi connectivity index (χ4v) is 2.80. The lowest BCUT2D eigenvalue weighted by atomic mass is 9.99. The van der Waals surface area contributed by atoms with E-state index in [2.05, 4.69) is 10.3 Å². The van der Waals surface area contributed by atoms with E-state index < -0.39 is 11.9 Å². The lowest BCUT2D eigenvalue weighted by molar-refractivity contribution is -0.143. The van der Waals surface area contributed by atoms with E-state index in [1.807, 2.05) is 12.3 Å². The standard InChI is InChI=1S/C12H17N3O3S/c1-8(10-13-4-6-19-10)14-12(18)15-5-2-3-9(7-15)11(16)17/h4,6,8-9H,2-3,5,7H2,1H3,(H,14,18)(H,16,17)/t8?,9-/m0/s1. The normalized spacial score (nSPS) is 20.9. The van der Waals surface area contributed by atoms with Gasteiger partial charge < -0.3 is 15.3 Å². The number of urea groups is 1. The number of carboxylic acids is 1. The number of carboxylic acid groups (broad SMARTS) is 1. The summed E-state index contributed by atoms with van der Waals surface area (Å²) in [4.78, 5) is 28.8. The number of aliphatic carboxylic acids is 1. The van der Waals surface area contributed by atoms with Gasteiger partial charge in [0.1, 0.15) is 5.01 Å². The summed E-state index contributed by atoms with van der Waals surface area (Å²) in [6.07, 6.45) is 3.07. The fraction of sp³-hybridized carbons (Fsp3) is 0.583. The molecule has 0 aromatic carbocycles. The molecule has 7 heteroatoms. The van der Waals surface area contributed by atoms with Gasteiger partial charge in [0, 0.05) is 24.7 Å². The van der Waals surface area contributed by atoms with Crippen LogP contribution in [0.4, 0.5) is 4.79 Å². The fourth-order valence-electron chi connectivity index (χ4n) is 2.15. The van der Waals surface area contributed by atoms with Crippen molar-refractivity contribution in [3.63, 3.8) is 0 Å². The Labute approximate surface area is 115 Å². The maximum atomic E-state index is 12.1. The van der Waals surface area contributed by atoms with Crippen molar-refractivity contribution in [3.05, 3.63) is 16.6 Å². The number of likely N-dealkylation sites (tertiary alicyclic amines) is 1. The number of aromatic nitrogens is 1. The minimum atomic E-state index is -0.828. The van der Waals surface area contributed by atoms with Gasteiger partial charge >= 0.3 is 12.0 Å². The Hall–Kier alpha value is -1.63. The van der Waals surface area contributed by atoms with Crippen LogP contribution in [0.25, 0.3) is 0 Å². The molecule has 1 aromatic heterocycles. The molecule has 1 aliphatic heterocycles. The Morgan fingerprint density at radius 1 is 1.63 bits per heavy atom. The van der Waals surface area contributed by atoms with Crippen LogP contribution >= 0.6 is 11.3 Å². The molecule has 19 heavy (non-hydrogen) atoms. The second-order valence-corrected chi connectivity index (χ2v) is 5.59. The van der Waals surface area contributed by atoms with Crippen molar-refractivity contribution < 1.29 is 14.7 Å². The first-order chi connectivity index (χ1) is 9.08. The second-order valence-electron chi connectivity index (χ2n) is 4.66. The first-order valence-electron chi connectivity index (χ1n) is 6.25. The molecule has 1 unspecified atom stereocenters. The van der Waals surface area contributed by atoms with Crippen LogP contribution in [0.1, 0.15) is 30.8 Å². The largest absolute Gasteiger partial charge is 0.481 e. The number of piperidine rings is 1. The quantitative estimate of drug-likeness (QED) is 0.884. The van der Waals surface area contributed by atoms with Gasteiger partial charge in [0.2, 0.25) is 0 Å². The van der Waals surface area contributed by atoms with E-state index >= 15 is 0 Å². The van der Waals surface area contributed by atoms with Crippen LogP contribution in [0.15, 0.2) is 11.6 Å². The number of nitrogens with zero attached hydrogens (tertiary/aromatic N) is 2. The third-order valence-corrected chi connectivity index (χ3v) is 4.18. The topological polar surface area (TPSA) is 82.5 Å². The zero-order valence-electron chi connectivity index (χ0n) is 10.7. The minimum Gasteiger partial charge on any atom is -0.481 e. The van der Waals surface area contributed by atoms with E-state index in [4.69, 9.17) is 5.11 Å². The van der Waals surface area contributed by atoms with Gasteiger partial charge in [0.15, 0.2) is 0 Å². The van der Waals surface area contributed by atoms with Crippen molar-refractivity contribution in [2.45, 2.75) is 25.8 Å². The van der Waals surface area contributed by atoms with Crippen LogP contribution in [0, 0.1) is 5.92 Å². The van der Waals surface area contributed by atoms with E-state index in [1.165, 1.54) is 11.3 Å². The third kappa shape index (κ3) is 3.44. The smallest absolute Gasteiger partial charge is 0.317 e. The molecular weight excluding hydrogens is 266 g/mol. The van der Waals surface area contributed by atoms with Gasteiger partial charge in [-0.15, -0.1) is 11.3 Å². The Morgan fingerprint density at radius 3 is 3.05 bits per heavy atom. The molecule has 2 amide bonds. The average molecular weight is 283 g/mol. The first-order valence-corrected chi connectivity index (χ1v) is 7.13. The second kappa shape index (κ2) is 6.01. The van der Waals surface area contributed by atoms with Gasteiger partial charge in [-0.2, -0.15) is 0 Å². The van der Waals surface area contributed by atoms with Crippen molar-refractivity contribution in [2.75, 3.05) is 13.1 Å². The molecule has 2 heterocycles. The highest BCUT2D eigenvalue weighted by atomic mass is 32.1. The highest BCUT2D eigenvalue weighted by Gasteiger charge is 2.28. The molecule has 0 bridgehead atoms. The minimum absolute atomic E-state index is 0.155. The van der Waals surface area contributed by atoms with E-state index in [0.29, 0.717) is 13.0 Å². The van der Waals surface area contributed by atoms with Crippen molar-refractivity contribution in [1.82, 2.24) is 15.2 Å². The molecule has 1 fully saturated rings. The van der Waals surface area contributed by atoms with Crippen LogP contribution in [-0.2, 0) is 4.79 Å². The number of carbonyl (C=O) groups excluding carboxylic acids is 1. The van der Waals surface area contributed by atoms with Crippen LogP contribution < -0.4 is 5.32 Å². The van der Waals surface area contributed by atoms with Gasteiger partial charge in [-0.05, 0) is 19.8 Å². The highest BCUT2D eigenvalue weighted by Crippen LogP contribution is 2.19. The van der Waals surface area contributed by atoms with Gasteiger partial charge in [0.25, 0.3) is 0 Å². The number of hydrogen-bond donors (Lipinski definition) is 2. The van der Waals surface area contributed by atoms with Gasteiger partial charge in [-0.3, -0.25) is 4.79 Å². The summed E-state index contributed by atoms with van der Waals surface area (Å²) in [5, 5.41) is 14.6. The number of carbonyl (C=O) groups is 2. The average Bonchev–Trinajstić information content (AvgIpc) is 2.92. The van der Waals surface area contributed by atoms with Crippen LogP contribution in [-0.4, -0.2) is 40.1 Å². The van der Waals surface area contributed by atoms with Crippen molar-refractivity contribution in [1.29, 1.82) is 0 Å². The molecule has 1 aliphatic rings. The molecule has 6 nitrogen and oxygen atoms in total. The SMILES string of the molecule is CC(NC(=O)N1CCC[C@H](C(=O)O)C1)c1nccs1. The Morgan fingerprint density at radius 2 is 2.42 bits per heavy atom. The number of hydrogen-bond acceptors (Lipinski definition) is 4. The Balaban J connectivity index is 1.91. The van der Waals surface area contributed by atoms with E-state index in [-0.39, 0.29) is 18.6 Å². The number of thiazole rings is 1. The van der Waals surface area contributed by atoms with Gasteiger partial charge in [-0.1, -0.05) is 0 Å². The molecule has 2 N–H and O–H groups in total. The number of nitrogens with one attached hydrogen (secondary N) is 1. The molecule has 2 rings (SSSR count). The van der Waals surface area contributed by atoms with Gasteiger partial charge in [0.05, 0.1) is 12.0 Å². The number of amides is 2. The maximum Gasteiger partial charge on any atom is 0.317 e. The molecule has 0 saturated carbocycles. The lowest BCUT2D eigenvalue weighted by Crippen LogP contribution is -2.47. The summed E-state index contributed by atoms with van der Waals surface area (Å²) < 4.78 is 0. The molecule has 0 aliphatic carbocycles. The monoisotopic (exact) mass is 283 g/mol. The predicted molar refractivity (Wildman–Crippen MR) is 71.0 cm³/mol. The lowest BCUT2D eigenvalue weighted by Gasteiger charge is -2.31. The molecule has 2 atom stereocenters. The Kier molecular flexibility index (Phi) is 4.36. The van der Waals surface area contributed by atoms with E-state index in [9.17, 15) is 9.59 Å². The van der Waals surface area contributed by atoms with Crippen molar-refractivity contribution in [2.24, 2.45) is 5.92 Å². The van der Waals surface area contributed by atoms with Crippen LogP contribution in [0.5, 0.6) is 0 Å². The van der Waals surface area contributed by atoms with Crippen molar-refractivity contribution in [3.8, 4) is 0 Å². The molecule has 1 aromatic rings. The van der Waals surface area contributed by atoms with Crippen LogP contribution in [0.2, 0.25) is 0 Å². The zero-order chi connectivity index (χ0) is 13.8. The maximum absolute atomic E-state index is 12.1.